The fourth-order valence-electron chi connectivity index (χ4n) is 2.95. The highest BCUT2D eigenvalue weighted by Gasteiger charge is 2.17. The molecule has 0 spiro atoms. The van der Waals surface area contributed by atoms with Crippen molar-refractivity contribution in [1.29, 1.82) is 0 Å². The lowest BCUT2D eigenvalue weighted by Crippen LogP contribution is -2.14. The van der Waals surface area contributed by atoms with Gasteiger partial charge < -0.3 is 0 Å². The van der Waals surface area contributed by atoms with E-state index < -0.39 is 0 Å². The summed E-state index contributed by atoms with van der Waals surface area (Å²) in [6.07, 6.45) is 8.78. The third kappa shape index (κ3) is 3.73. The predicted molar refractivity (Wildman–Crippen MR) is 91.5 cm³/mol. The number of rotatable bonds is 4. The lowest BCUT2D eigenvalue weighted by atomic mass is 9.96. The van der Waals surface area contributed by atoms with Gasteiger partial charge in [-0.15, -0.1) is 0 Å². The minimum atomic E-state index is 0.141. The molecule has 4 heteroatoms. The molecule has 0 N–H and O–H groups in total. The molecule has 1 fully saturated rings. The monoisotopic (exact) mass is 394 g/mol. The molecule has 1 aromatic carbocycles. The molecule has 0 radical (unpaired) electrons. The van der Waals surface area contributed by atoms with Gasteiger partial charge >= 0.3 is 0 Å². The van der Waals surface area contributed by atoms with Crippen LogP contribution in [0.25, 0.3) is 0 Å². The number of halogens is 1. The van der Waals surface area contributed by atoms with Crippen LogP contribution in [0.5, 0.6) is 0 Å². The van der Waals surface area contributed by atoms with Gasteiger partial charge in [0.15, 0.2) is 5.78 Å². The van der Waals surface area contributed by atoms with E-state index in [0.29, 0.717) is 12.5 Å². The van der Waals surface area contributed by atoms with Crippen LogP contribution in [0.15, 0.2) is 36.5 Å². The topological polar surface area (TPSA) is 34.9 Å². The summed E-state index contributed by atoms with van der Waals surface area (Å²) in [7, 11) is 0. The van der Waals surface area contributed by atoms with E-state index in [1.807, 2.05) is 36.5 Å². The van der Waals surface area contributed by atoms with Crippen LogP contribution in [0, 0.1) is 3.57 Å². The highest BCUT2D eigenvalue weighted by Crippen LogP contribution is 2.27. The van der Waals surface area contributed by atoms with Gasteiger partial charge in [0, 0.05) is 15.3 Å². The number of benzene rings is 1. The van der Waals surface area contributed by atoms with Crippen LogP contribution in [0.3, 0.4) is 0 Å². The second kappa shape index (κ2) is 6.73. The molecule has 0 amide bonds. The van der Waals surface area contributed by atoms with Crippen molar-refractivity contribution >= 4 is 28.4 Å². The highest BCUT2D eigenvalue weighted by molar-refractivity contribution is 14.1. The quantitative estimate of drug-likeness (QED) is 0.569. The van der Waals surface area contributed by atoms with Crippen molar-refractivity contribution in [3.8, 4) is 0 Å². The van der Waals surface area contributed by atoms with Crippen molar-refractivity contribution in [1.82, 2.24) is 9.78 Å². The molecule has 1 aromatic heterocycles. The van der Waals surface area contributed by atoms with Gasteiger partial charge in [0.25, 0.3) is 0 Å². The van der Waals surface area contributed by atoms with Crippen LogP contribution in [0.4, 0.5) is 0 Å². The number of carbonyl (C=O) groups excluding carboxylic acids is 1. The molecular formula is C17H19IN2O. The molecule has 0 atom stereocenters. The number of carbonyl (C=O) groups is 1. The third-order valence-electron chi connectivity index (χ3n) is 4.10. The summed E-state index contributed by atoms with van der Waals surface area (Å²) in [5, 5.41) is 4.62. The maximum Gasteiger partial charge on any atom is 0.168 e. The maximum absolute atomic E-state index is 12.3. The minimum Gasteiger partial charge on any atom is -0.294 e. The second-order valence-electron chi connectivity index (χ2n) is 5.69. The second-order valence-corrected chi connectivity index (χ2v) is 6.93. The van der Waals surface area contributed by atoms with E-state index in [2.05, 4.69) is 32.4 Å². The van der Waals surface area contributed by atoms with E-state index in [0.717, 1.165) is 14.8 Å². The normalized spacial score (nSPS) is 16.0. The summed E-state index contributed by atoms with van der Waals surface area (Å²) in [5.41, 5.74) is 1.65. The highest BCUT2D eigenvalue weighted by atomic mass is 127. The number of ketones is 1. The number of nitrogens with zero attached hydrogens (tertiary/aromatic N) is 2. The average Bonchev–Trinajstić information content (AvgIpc) is 2.97. The summed E-state index contributed by atoms with van der Waals surface area (Å²) >= 11 is 2.23. The zero-order valence-corrected chi connectivity index (χ0v) is 14.1. The van der Waals surface area contributed by atoms with Crippen molar-refractivity contribution in [2.75, 3.05) is 0 Å². The maximum atomic E-state index is 12.3. The van der Waals surface area contributed by atoms with Crippen molar-refractivity contribution < 1.29 is 4.79 Å². The smallest absolute Gasteiger partial charge is 0.168 e. The Hall–Kier alpha value is -1.17. The van der Waals surface area contributed by atoms with E-state index in [-0.39, 0.29) is 5.78 Å². The number of Topliss-reactive ketones (excluding diaryl/α,β-unsaturated/α-hetero) is 1. The average molecular weight is 394 g/mol. The molecule has 3 rings (SSSR count). The standard InChI is InChI=1S/C17H19IN2O/c18-14-6-4-5-13(11-14)17(21)12-15-9-10-20(19-15)16-7-2-1-3-8-16/h4-6,9-11,16H,1-3,7-8,12H2. The molecule has 1 heterocycles. The van der Waals surface area contributed by atoms with E-state index in [1.54, 1.807) is 0 Å². The van der Waals surface area contributed by atoms with E-state index in [4.69, 9.17) is 0 Å². The predicted octanol–water partition coefficient (Wildman–Crippen LogP) is 4.42. The molecule has 3 nitrogen and oxygen atoms in total. The summed E-state index contributed by atoms with van der Waals surface area (Å²) < 4.78 is 3.16. The van der Waals surface area contributed by atoms with Gasteiger partial charge in [-0.1, -0.05) is 31.4 Å². The van der Waals surface area contributed by atoms with Gasteiger partial charge in [-0.25, -0.2) is 0 Å². The lowest BCUT2D eigenvalue weighted by molar-refractivity contribution is 0.0991. The lowest BCUT2D eigenvalue weighted by Gasteiger charge is -2.21. The van der Waals surface area contributed by atoms with E-state index in [1.165, 1.54) is 32.1 Å². The first-order valence-electron chi connectivity index (χ1n) is 7.55. The SMILES string of the molecule is O=C(Cc1ccn(C2CCCCC2)n1)c1cccc(I)c1. The zero-order valence-electron chi connectivity index (χ0n) is 12.0. The van der Waals surface area contributed by atoms with Gasteiger partial charge in [-0.05, 0) is 53.6 Å². The van der Waals surface area contributed by atoms with E-state index in [9.17, 15) is 4.79 Å². The van der Waals surface area contributed by atoms with Crippen molar-refractivity contribution in [2.45, 2.75) is 44.6 Å². The minimum absolute atomic E-state index is 0.141. The van der Waals surface area contributed by atoms with Crippen molar-refractivity contribution in [3.63, 3.8) is 0 Å². The molecule has 0 unspecified atom stereocenters. The summed E-state index contributed by atoms with van der Waals surface area (Å²) in [4.78, 5) is 12.3. The molecule has 0 saturated heterocycles. The van der Waals surface area contributed by atoms with E-state index >= 15 is 0 Å². The molecule has 0 bridgehead atoms. The van der Waals surface area contributed by atoms with Gasteiger partial charge in [-0.2, -0.15) is 5.10 Å². The molecule has 1 saturated carbocycles. The number of hydrogen-bond donors (Lipinski definition) is 0. The first-order valence-corrected chi connectivity index (χ1v) is 8.63. The first kappa shape index (κ1) is 14.8. The Labute approximate surface area is 138 Å². The molecule has 1 aliphatic rings. The summed E-state index contributed by atoms with van der Waals surface area (Å²) in [6.45, 7) is 0. The Kier molecular flexibility index (Phi) is 4.73. The third-order valence-corrected chi connectivity index (χ3v) is 4.77. The number of hydrogen-bond acceptors (Lipinski definition) is 2. The Bertz CT molecular complexity index is 629. The van der Waals surface area contributed by atoms with Crippen LogP contribution in [0.2, 0.25) is 0 Å². The van der Waals surface area contributed by atoms with Gasteiger partial charge in [-0.3, -0.25) is 9.48 Å². The molecule has 2 aromatic rings. The molecular weight excluding hydrogens is 375 g/mol. The first-order chi connectivity index (χ1) is 10.2. The molecule has 0 aliphatic heterocycles. The van der Waals surface area contributed by atoms with Gasteiger partial charge in [0.2, 0.25) is 0 Å². The Morgan fingerprint density at radius 3 is 2.81 bits per heavy atom. The van der Waals surface area contributed by atoms with Crippen LogP contribution >= 0.6 is 22.6 Å². The van der Waals surface area contributed by atoms with Crippen molar-refractivity contribution in [3.05, 3.63) is 51.4 Å². The summed E-state index contributed by atoms with van der Waals surface area (Å²) in [6, 6.07) is 10.2. The Balaban J connectivity index is 1.68. The molecule has 110 valence electrons. The Morgan fingerprint density at radius 1 is 1.24 bits per heavy atom. The van der Waals surface area contributed by atoms with Crippen LogP contribution < -0.4 is 0 Å². The fourth-order valence-corrected chi connectivity index (χ4v) is 3.49. The van der Waals surface area contributed by atoms with Gasteiger partial charge in [0.1, 0.15) is 0 Å². The molecule has 21 heavy (non-hydrogen) atoms. The largest absolute Gasteiger partial charge is 0.294 e. The zero-order chi connectivity index (χ0) is 14.7. The number of aromatic nitrogens is 2. The van der Waals surface area contributed by atoms with Gasteiger partial charge in [0.05, 0.1) is 18.2 Å². The van der Waals surface area contributed by atoms with Crippen LogP contribution in [-0.2, 0) is 6.42 Å². The Morgan fingerprint density at radius 2 is 2.05 bits per heavy atom. The molecule has 1 aliphatic carbocycles. The summed E-state index contributed by atoms with van der Waals surface area (Å²) in [5.74, 6) is 0.141. The van der Waals surface area contributed by atoms with Crippen LogP contribution in [-0.4, -0.2) is 15.6 Å². The van der Waals surface area contributed by atoms with Crippen LogP contribution in [0.1, 0.15) is 54.2 Å². The van der Waals surface area contributed by atoms with Crippen molar-refractivity contribution in [2.24, 2.45) is 0 Å². The fraction of sp³-hybridized carbons (Fsp3) is 0.412.